The van der Waals surface area contributed by atoms with Gasteiger partial charge in [0.2, 0.25) is 0 Å². The molecule has 1 amide bonds. The summed E-state index contributed by atoms with van der Waals surface area (Å²) in [5.41, 5.74) is 1.47. The Morgan fingerprint density at radius 1 is 1.45 bits per heavy atom. The largest absolute Gasteiger partial charge is 0.480 e. The SMILES string of the molecule is CC(C)Cn1ncc(C(=O)N[C@H](C)C(=O)O)c1C1CC1. The Labute approximate surface area is 118 Å². The molecule has 0 radical (unpaired) electrons. The Morgan fingerprint density at radius 2 is 2.10 bits per heavy atom. The van der Waals surface area contributed by atoms with Crippen LogP contribution in [0.25, 0.3) is 0 Å². The van der Waals surface area contributed by atoms with Gasteiger partial charge in [0.1, 0.15) is 6.04 Å². The van der Waals surface area contributed by atoms with E-state index in [9.17, 15) is 9.59 Å². The van der Waals surface area contributed by atoms with Gasteiger partial charge in [-0.15, -0.1) is 0 Å². The Hall–Kier alpha value is -1.85. The van der Waals surface area contributed by atoms with Crippen molar-refractivity contribution in [3.8, 4) is 0 Å². The number of carbonyl (C=O) groups excluding carboxylic acids is 1. The van der Waals surface area contributed by atoms with Gasteiger partial charge in [0.15, 0.2) is 0 Å². The number of hydrogen-bond acceptors (Lipinski definition) is 3. The Kier molecular flexibility index (Phi) is 4.11. The van der Waals surface area contributed by atoms with Gasteiger partial charge in [-0.25, -0.2) is 0 Å². The maximum atomic E-state index is 12.2. The average molecular weight is 279 g/mol. The number of aliphatic carboxylic acids is 1. The van der Waals surface area contributed by atoms with E-state index in [0.29, 0.717) is 17.4 Å². The molecule has 110 valence electrons. The molecule has 6 nitrogen and oxygen atoms in total. The number of carboxylic acids is 1. The lowest BCUT2D eigenvalue weighted by Crippen LogP contribution is -2.38. The van der Waals surface area contributed by atoms with E-state index in [0.717, 1.165) is 25.1 Å². The Bertz CT molecular complexity index is 518. The van der Waals surface area contributed by atoms with E-state index in [4.69, 9.17) is 5.11 Å². The summed E-state index contributed by atoms with van der Waals surface area (Å²) >= 11 is 0. The van der Waals surface area contributed by atoms with Crippen LogP contribution < -0.4 is 5.32 Å². The molecule has 1 atom stereocenters. The molecule has 1 aromatic heterocycles. The summed E-state index contributed by atoms with van der Waals surface area (Å²) in [4.78, 5) is 23.0. The maximum Gasteiger partial charge on any atom is 0.325 e. The molecule has 1 heterocycles. The van der Waals surface area contributed by atoms with Crippen LogP contribution in [0.3, 0.4) is 0 Å². The highest BCUT2D eigenvalue weighted by Gasteiger charge is 2.33. The van der Waals surface area contributed by atoms with Gasteiger partial charge in [-0.1, -0.05) is 13.8 Å². The molecule has 2 rings (SSSR count). The van der Waals surface area contributed by atoms with Crippen molar-refractivity contribution in [3.63, 3.8) is 0 Å². The highest BCUT2D eigenvalue weighted by atomic mass is 16.4. The average Bonchev–Trinajstić information content (AvgIpc) is 3.10. The number of amides is 1. The molecule has 1 aromatic rings. The van der Waals surface area contributed by atoms with Crippen LogP contribution in [0.1, 0.15) is 55.6 Å². The fourth-order valence-electron chi connectivity index (χ4n) is 2.18. The van der Waals surface area contributed by atoms with Gasteiger partial charge in [0, 0.05) is 12.5 Å². The normalized spacial score (nSPS) is 16.2. The molecule has 0 spiro atoms. The van der Waals surface area contributed by atoms with E-state index in [2.05, 4.69) is 24.3 Å². The van der Waals surface area contributed by atoms with Crippen molar-refractivity contribution in [1.82, 2.24) is 15.1 Å². The van der Waals surface area contributed by atoms with Crippen molar-refractivity contribution in [2.45, 2.75) is 52.1 Å². The molecular weight excluding hydrogens is 258 g/mol. The molecule has 20 heavy (non-hydrogen) atoms. The number of carboxylic acid groups (broad SMARTS) is 1. The topological polar surface area (TPSA) is 84.2 Å². The maximum absolute atomic E-state index is 12.2. The predicted octanol–water partition coefficient (Wildman–Crippen LogP) is 1.62. The molecule has 2 N–H and O–H groups in total. The zero-order valence-corrected chi connectivity index (χ0v) is 12.1. The molecule has 0 aliphatic heterocycles. The fraction of sp³-hybridized carbons (Fsp3) is 0.643. The van der Waals surface area contributed by atoms with Crippen molar-refractivity contribution in [2.24, 2.45) is 5.92 Å². The van der Waals surface area contributed by atoms with Gasteiger partial charge in [-0.05, 0) is 25.7 Å². The van der Waals surface area contributed by atoms with Crippen LogP contribution in [-0.4, -0.2) is 32.8 Å². The van der Waals surface area contributed by atoms with E-state index in [1.807, 2.05) is 4.68 Å². The number of nitrogens with one attached hydrogen (secondary N) is 1. The molecule has 0 aromatic carbocycles. The van der Waals surface area contributed by atoms with Crippen LogP contribution in [0.5, 0.6) is 0 Å². The third-order valence-electron chi connectivity index (χ3n) is 3.35. The van der Waals surface area contributed by atoms with Gasteiger partial charge in [-0.2, -0.15) is 5.10 Å². The number of aromatic nitrogens is 2. The lowest BCUT2D eigenvalue weighted by Gasteiger charge is -2.12. The number of carbonyl (C=O) groups is 2. The van der Waals surface area contributed by atoms with Crippen LogP contribution >= 0.6 is 0 Å². The third kappa shape index (κ3) is 3.18. The van der Waals surface area contributed by atoms with Crippen LogP contribution in [0.4, 0.5) is 0 Å². The summed E-state index contributed by atoms with van der Waals surface area (Å²) in [6.07, 6.45) is 3.69. The second-order valence-electron chi connectivity index (χ2n) is 5.83. The van der Waals surface area contributed by atoms with Gasteiger partial charge in [-0.3, -0.25) is 14.3 Å². The van der Waals surface area contributed by atoms with Crippen molar-refractivity contribution in [1.29, 1.82) is 0 Å². The zero-order valence-electron chi connectivity index (χ0n) is 12.1. The molecule has 1 aliphatic carbocycles. The summed E-state index contributed by atoms with van der Waals surface area (Å²) in [5, 5.41) is 15.6. The molecule has 6 heteroatoms. The number of rotatable bonds is 6. The second kappa shape index (κ2) is 5.64. The van der Waals surface area contributed by atoms with Crippen LogP contribution in [-0.2, 0) is 11.3 Å². The summed E-state index contributed by atoms with van der Waals surface area (Å²) in [7, 11) is 0. The molecule has 0 saturated heterocycles. The monoisotopic (exact) mass is 279 g/mol. The minimum absolute atomic E-state index is 0.350. The lowest BCUT2D eigenvalue weighted by atomic mass is 10.1. The minimum Gasteiger partial charge on any atom is -0.480 e. The van der Waals surface area contributed by atoms with E-state index < -0.39 is 12.0 Å². The third-order valence-corrected chi connectivity index (χ3v) is 3.35. The Morgan fingerprint density at radius 3 is 2.60 bits per heavy atom. The first-order chi connectivity index (χ1) is 9.40. The van der Waals surface area contributed by atoms with E-state index in [1.165, 1.54) is 6.92 Å². The minimum atomic E-state index is -1.04. The van der Waals surface area contributed by atoms with Gasteiger partial charge < -0.3 is 10.4 Å². The smallest absolute Gasteiger partial charge is 0.325 e. The molecule has 1 fully saturated rings. The molecule has 0 bridgehead atoms. The highest BCUT2D eigenvalue weighted by Crippen LogP contribution is 2.41. The highest BCUT2D eigenvalue weighted by molar-refractivity contribution is 5.97. The first-order valence-corrected chi connectivity index (χ1v) is 6.99. The summed E-state index contributed by atoms with van der Waals surface area (Å²) in [6, 6.07) is -0.900. The van der Waals surface area contributed by atoms with E-state index in [-0.39, 0.29) is 5.91 Å². The second-order valence-corrected chi connectivity index (χ2v) is 5.83. The summed E-state index contributed by atoms with van der Waals surface area (Å²) in [5.74, 6) is -0.559. The molecular formula is C14H21N3O3. The zero-order chi connectivity index (χ0) is 14.9. The Balaban J connectivity index is 2.20. The van der Waals surface area contributed by atoms with Gasteiger partial charge >= 0.3 is 5.97 Å². The van der Waals surface area contributed by atoms with Gasteiger partial charge in [0.05, 0.1) is 17.5 Å². The fourth-order valence-corrected chi connectivity index (χ4v) is 2.18. The molecule has 1 saturated carbocycles. The van der Waals surface area contributed by atoms with Crippen molar-refractivity contribution in [2.75, 3.05) is 0 Å². The van der Waals surface area contributed by atoms with Crippen LogP contribution in [0.15, 0.2) is 6.20 Å². The summed E-state index contributed by atoms with van der Waals surface area (Å²) < 4.78 is 1.89. The van der Waals surface area contributed by atoms with Crippen LogP contribution in [0.2, 0.25) is 0 Å². The first kappa shape index (κ1) is 14.6. The summed E-state index contributed by atoms with van der Waals surface area (Å²) in [6.45, 7) is 6.43. The van der Waals surface area contributed by atoms with Crippen LogP contribution in [0, 0.1) is 5.92 Å². The quantitative estimate of drug-likeness (QED) is 0.828. The van der Waals surface area contributed by atoms with Crippen molar-refractivity contribution < 1.29 is 14.7 Å². The van der Waals surface area contributed by atoms with Crippen molar-refractivity contribution in [3.05, 3.63) is 17.5 Å². The number of hydrogen-bond donors (Lipinski definition) is 2. The van der Waals surface area contributed by atoms with Gasteiger partial charge in [0.25, 0.3) is 5.91 Å². The lowest BCUT2D eigenvalue weighted by molar-refractivity contribution is -0.138. The standard InChI is InChI=1S/C14H21N3O3/c1-8(2)7-17-12(10-4-5-10)11(6-15-17)13(18)16-9(3)14(19)20/h6,8-10H,4-5,7H2,1-3H3,(H,16,18)(H,19,20)/t9-/m1/s1. The van der Waals surface area contributed by atoms with Crippen molar-refractivity contribution >= 4 is 11.9 Å². The first-order valence-electron chi connectivity index (χ1n) is 6.99. The predicted molar refractivity (Wildman–Crippen MR) is 73.6 cm³/mol. The number of nitrogens with zero attached hydrogens (tertiary/aromatic N) is 2. The van der Waals surface area contributed by atoms with E-state index in [1.54, 1.807) is 6.20 Å². The molecule has 0 unspecified atom stereocenters. The van der Waals surface area contributed by atoms with E-state index >= 15 is 0 Å². The molecule has 1 aliphatic rings.